The maximum atomic E-state index is 12.7. The number of nitrogens with two attached hydrogens (primary N) is 1. The standard InChI is InChI=1S/C30H50N4O11/c1-34-28(36)23-26(29(34)25-3-2-5-32-24-25)30(37)33-6-8-39-10-12-41-14-16-43-18-20-45-22-21-44-19-17-42-15-13-40-11-9-38-7-4-27(31)35/h2-3,5,24,26,29H,4,6-23H2,1H3,(H2,31,35)(H,33,37)/t26-,29+/m0/s1. The van der Waals surface area contributed by atoms with Crippen molar-refractivity contribution in [2.24, 2.45) is 11.7 Å². The monoisotopic (exact) mass is 642 g/mol. The van der Waals surface area contributed by atoms with Crippen LogP contribution < -0.4 is 11.1 Å². The van der Waals surface area contributed by atoms with E-state index in [9.17, 15) is 14.4 Å². The van der Waals surface area contributed by atoms with Crippen LogP contribution in [0.15, 0.2) is 24.5 Å². The first-order valence-electron chi connectivity index (χ1n) is 15.3. The van der Waals surface area contributed by atoms with Crippen LogP contribution >= 0.6 is 0 Å². The smallest absolute Gasteiger partial charge is 0.226 e. The number of rotatable bonds is 29. The summed E-state index contributed by atoms with van der Waals surface area (Å²) in [4.78, 5) is 41.2. The Kier molecular flexibility index (Phi) is 21.7. The van der Waals surface area contributed by atoms with E-state index in [1.807, 2.05) is 6.07 Å². The Morgan fingerprint density at radius 1 is 0.778 bits per heavy atom. The molecule has 3 N–H and O–H groups in total. The van der Waals surface area contributed by atoms with Crippen LogP contribution in [0.4, 0.5) is 0 Å². The molecule has 1 fully saturated rings. The Morgan fingerprint density at radius 2 is 1.22 bits per heavy atom. The predicted octanol–water partition coefficient (Wildman–Crippen LogP) is -0.275. The minimum absolute atomic E-state index is 0.0589. The molecule has 256 valence electrons. The van der Waals surface area contributed by atoms with Crippen LogP contribution in [0.3, 0.4) is 0 Å². The van der Waals surface area contributed by atoms with Gasteiger partial charge in [-0.15, -0.1) is 0 Å². The number of carbonyl (C=O) groups is 3. The molecule has 1 saturated heterocycles. The number of amides is 3. The van der Waals surface area contributed by atoms with Crippen LogP contribution in [0.25, 0.3) is 0 Å². The average Bonchev–Trinajstić information content (AvgIpc) is 3.34. The lowest BCUT2D eigenvalue weighted by atomic mass is 9.94. The number of nitrogens with zero attached hydrogens (tertiary/aromatic N) is 2. The molecule has 0 saturated carbocycles. The number of hydrogen-bond donors (Lipinski definition) is 2. The van der Waals surface area contributed by atoms with Gasteiger partial charge in [0.2, 0.25) is 17.7 Å². The minimum atomic E-state index is -0.461. The molecule has 0 unspecified atom stereocenters. The highest BCUT2D eigenvalue weighted by Crippen LogP contribution is 2.36. The quantitative estimate of drug-likeness (QED) is 0.109. The number of carbonyl (C=O) groups excluding carboxylic acids is 3. The van der Waals surface area contributed by atoms with Gasteiger partial charge in [-0.25, -0.2) is 0 Å². The molecule has 0 aliphatic carbocycles. The summed E-state index contributed by atoms with van der Waals surface area (Å²) in [6, 6.07) is 3.36. The maximum Gasteiger partial charge on any atom is 0.226 e. The zero-order valence-corrected chi connectivity index (χ0v) is 26.4. The molecule has 0 aromatic carbocycles. The van der Waals surface area contributed by atoms with Gasteiger partial charge in [0.05, 0.1) is 118 Å². The Morgan fingerprint density at radius 3 is 1.64 bits per heavy atom. The van der Waals surface area contributed by atoms with E-state index in [1.165, 1.54) is 0 Å². The molecule has 2 heterocycles. The molecule has 2 rings (SSSR count). The van der Waals surface area contributed by atoms with Gasteiger partial charge in [-0.1, -0.05) is 6.07 Å². The molecule has 0 radical (unpaired) electrons. The highest BCUT2D eigenvalue weighted by molar-refractivity contribution is 5.90. The molecular weight excluding hydrogens is 592 g/mol. The predicted molar refractivity (Wildman–Crippen MR) is 161 cm³/mol. The summed E-state index contributed by atoms with van der Waals surface area (Å²) < 4.78 is 43.3. The summed E-state index contributed by atoms with van der Waals surface area (Å²) in [6.07, 6.45) is 3.75. The molecule has 45 heavy (non-hydrogen) atoms. The molecule has 3 amide bonds. The van der Waals surface area contributed by atoms with Crippen molar-refractivity contribution >= 4 is 17.7 Å². The molecule has 0 bridgehead atoms. The largest absolute Gasteiger partial charge is 0.379 e. The molecule has 15 heteroatoms. The Hall–Kier alpha value is -2.76. The summed E-state index contributed by atoms with van der Waals surface area (Å²) in [5.74, 6) is -1.07. The maximum absolute atomic E-state index is 12.7. The van der Waals surface area contributed by atoms with Crippen molar-refractivity contribution in [2.75, 3.05) is 119 Å². The summed E-state index contributed by atoms with van der Waals surface area (Å²) in [6.45, 7) is 7.30. The number of primary amides is 1. The Balaban J connectivity index is 1.28. The van der Waals surface area contributed by atoms with Gasteiger partial charge in [0, 0.05) is 38.8 Å². The summed E-state index contributed by atoms with van der Waals surface area (Å²) in [5.41, 5.74) is 5.86. The molecule has 0 spiro atoms. The third kappa shape index (κ3) is 18.1. The van der Waals surface area contributed by atoms with E-state index >= 15 is 0 Å². The van der Waals surface area contributed by atoms with E-state index in [0.29, 0.717) is 112 Å². The number of hydrogen-bond acceptors (Lipinski definition) is 12. The van der Waals surface area contributed by atoms with Gasteiger partial charge in [0.15, 0.2) is 0 Å². The van der Waals surface area contributed by atoms with Crippen molar-refractivity contribution in [2.45, 2.75) is 18.9 Å². The van der Waals surface area contributed by atoms with Gasteiger partial charge in [0.25, 0.3) is 0 Å². The lowest BCUT2D eigenvalue weighted by Gasteiger charge is -2.24. The first-order chi connectivity index (χ1) is 22.0. The van der Waals surface area contributed by atoms with Crippen molar-refractivity contribution in [1.82, 2.24) is 15.2 Å². The zero-order valence-electron chi connectivity index (χ0n) is 26.4. The molecule has 1 aliphatic heterocycles. The third-order valence-electron chi connectivity index (χ3n) is 6.59. The van der Waals surface area contributed by atoms with Crippen LogP contribution in [0.5, 0.6) is 0 Å². The van der Waals surface area contributed by atoms with Gasteiger partial charge < -0.3 is 53.8 Å². The van der Waals surface area contributed by atoms with Crippen LogP contribution in [-0.4, -0.2) is 147 Å². The first-order valence-corrected chi connectivity index (χ1v) is 15.3. The second-order valence-electron chi connectivity index (χ2n) is 9.95. The number of ether oxygens (including phenoxy) is 8. The number of nitrogens with one attached hydrogen (secondary N) is 1. The first kappa shape index (κ1) is 38.4. The highest BCUT2D eigenvalue weighted by atomic mass is 16.6. The van der Waals surface area contributed by atoms with Crippen molar-refractivity contribution in [3.63, 3.8) is 0 Å². The number of aromatic nitrogens is 1. The molecule has 1 aromatic heterocycles. The summed E-state index contributed by atoms with van der Waals surface area (Å²) >= 11 is 0. The van der Waals surface area contributed by atoms with Crippen molar-refractivity contribution in [1.29, 1.82) is 0 Å². The van der Waals surface area contributed by atoms with E-state index in [-0.39, 0.29) is 36.6 Å². The second kappa shape index (κ2) is 25.4. The molecule has 1 aliphatic rings. The lowest BCUT2D eigenvalue weighted by molar-refractivity contribution is -0.128. The van der Waals surface area contributed by atoms with E-state index in [2.05, 4.69) is 10.3 Å². The SMILES string of the molecule is CN1C(=O)C[C@H](C(=O)NCCOCCOCCOCCOCCOCCOCCOCCOCCC(N)=O)[C@H]1c1cccnc1. The summed E-state index contributed by atoms with van der Waals surface area (Å²) in [7, 11) is 1.71. The minimum Gasteiger partial charge on any atom is -0.379 e. The highest BCUT2D eigenvalue weighted by Gasteiger charge is 2.42. The van der Waals surface area contributed by atoms with Crippen LogP contribution in [-0.2, 0) is 52.3 Å². The van der Waals surface area contributed by atoms with Gasteiger partial charge >= 0.3 is 0 Å². The van der Waals surface area contributed by atoms with E-state index in [0.717, 1.165) is 5.56 Å². The van der Waals surface area contributed by atoms with Crippen LogP contribution in [0, 0.1) is 5.92 Å². The van der Waals surface area contributed by atoms with E-state index < -0.39 is 5.92 Å². The van der Waals surface area contributed by atoms with Gasteiger partial charge in [-0.3, -0.25) is 19.4 Å². The molecular formula is C30H50N4O11. The van der Waals surface area contributed by atoms with Crippen LogP contribution in [0.2, 0.25) is 0 Å². The van der Waals surface area contributed by atoms with Gasteiger partial charge in [-0.2, -0.15) is 0 Å². The van der Waals surface area contributed by atoms with Gasteiger partial charge in [0.1, 0.15) is 0 Å². The normalized spacial score (nSPS) is 16.4. The van der Waals surface area contributed by atoms with E-state index in [4.69, 9.17) is 43.6 Å². The fourth-order valence-electron chi connectivity index (χ4n) is 4.30. The van der Waals surface area contributed by atoms with Crippen molar-refractivity contribution in [3.8, 4) is 0 Å². The Bertz CT molecular complexity index is 928. The fourth-order valence-corrected chi connectivity index (χ4v) is 4.30. The lowest BCUT2D eigenvalue weighted by Crippen LogP contribution is -2.36. The van der Waals surface area contributed by atoms with Crippen molar-refractivity contribution in [3.05, 3.63) is 30.1 Å². The third-order valence-corrected chi connectivity index (χ3v) is 6.59. The molecule has 2 atom stereocenters. The zero-order chi connectivity index (χ0) is 32.4. The van der Waals surface area contributed by atoms with Gasteiger partial charge in [-0.05, 0) is 11.6 Å². The topological polar surface area (TPSA) is 179 Å². The second-order valence-corrected chi connectivity index (χ2v) is 9.95. The molecule has 15 nitrogen and oxygen atoms in total. The van der Waals surface area contributed by atoms with E-state index in [1.54, 1.807) is 30.4 Å². The van der Waals surface area contributed by atoms with Crippen LogP contribution in [0.1, 0.15) is 24.4 Å². The Labute approximate surface area is 265 Å². The number of pyridine rings is 1. The summed E-state index contributed by atoms with van der Waals surface area (Å²) in [5, 5.41) is 2.87. The average molecular weight is 643 g/mol. The molecule has 1 aromatic rings. The number of likely N-dealkylation sites (tertiary alicyclic amines) is 1. The fraction of sp³-hybridized carbons (Fsp3) is 0.733. The van der Waals surface area contributed by atoms with Crippen molar-refractivity contribution < 1.29 is 52.3 Å².